The van der Waals surface area contributed by atoms with Gasteiger partial charge in [-0.3, -0.25) is 10.1 Å². The highest BCUT2D eigenvalue weighted by Gasteiger charge is 2.15. The number of nitro benzene ring substituents is 1. The number of furan rings is 1. The number of hydrogen-bond acceptors (Lipinski definition) is 5. The molecule has 21 heavy (non-hydrogen) atoms. The summed E-state index contributed by atoms with van der Waals surface area (Å²) in [6.07, 6.45) is 0. The fraction of sp³-hybridized carbons (Fsp3) is 0.214. The highest BCUT2D eigenvalue weighted by molar-refractivity contribution is 5.88. The van der Waals surface area contributed by atoms with E-state index < -0.39 is 10.9 Å². The molecular formula is C14H14N2O5. The van der Waals surface area contributed by atoms with E-state index in [-0.39, 0.29) is 17.8 Å². The van der Waals surface area contributed by atoms with Gasteiger partial charge >= 0.3 is 5.97 Å². The molecule has 2 N–H and O–H groups in total. The molecule has 0 unspecified atom stereocenters. The summed E-state index contributed by atoms with van der Waals surface area (Å²) in [6.45, 7) is 3.47. The lowest BCUT2D eigenvalue weighted by Gasteiger charge is -2.08. The van der Waals surface area contributed by atoms with Gasteiger partial charge in [-0.1, -0.05) is 6.07 Å². The summed E-state index contributed by atoms with van der Waals surface area (Å²) in [6, 6.07) is 6.18. The monoisotopic (exact) mass is 290 g/mol. The molecule has 1 heterocycles. The number of aryl methyl sites for hydroxylation is 1. The number of benzene rings is 1. The number of nitrogens with zero attached hydrogens (tertiary/aromatic N) is 1. The fourth-order valence-electron chi connectivity index (χ4n) is 2.04. The van der Waals surface area contributed by atoms with Crippen LogP contribution >= 0.6 is 0 Å². The lowest BCUT2D eigenvalue weighted by Crippen LogP contribution is -2.02. The largest absolute Gasteiger partial charge is 0.478 e. The fourth-order valence-corrected chi connectivity index (χ4v) is 2.04. The van der Waals surface area contributed by atoms with Crippen LogP contribution in [0.1, 0.15) is 27.4 Å². The van der Waals surface area contributed by atoms with E-state index in [9.17, 15) is 14.9 Å². The first kappa shape index (κ1) is 14.6. The van der Waals surface area contributed by atoms with Gasteiger partial charge in [-0.25, -0.2) is 4.79 Å². The van der Waals surface area contributed by atoms with E-state index >= 15 is 0 Å². The van der Waals surface area contributed by atoms with Gasteiger partial charge in [-0.05, 0) is 26.0 Å². The minimum absolute atomic E-state index is 0.0295. The average Bonchev–Trinajstić information content (AvgIpc) is 2.78. The number of hydrogen-bond donors (Lipinski definition) is 2. The van der Waals surface area contributed by atoms with Crippen molar-refractivity contribution in [3.05, 3.63) is 57.0 Å². The van der Waals surface area contributed by atoms with Crippen molar-refractivity contribution >= 4 is 17.3 Å². The molecule has 0 saturated carbocycles. The van der Waals surface area contributed by atoms with E-state index in [1.807, 2.05) is 0 Å². The van der Waals surface area contributed by atoms with Crippen LogP contribution < -0.4 is 5.32 Å². The number of carboxylic acids is 1. The van der Waals surface area contributed by atoms with Gasteiger partial charge < -0.3 is 14.8 Å². The van der Waals surface area contributed by atoms with E-state index in [1.165, 1.54) is 12.1 Å². The standard InChI is InChI=1S/C14H14N2O5/c1-8-12(4-3-5-13(8)16(19)20)15-7-10-6-11(14(17)18)9(2)21-10/h3-6,15H,7H2,1-2H3,(H,17,18). The van der Waals surface area contributed by atoms with Crippen molar-refractivity contribution in [2.24, 2.45) is 0 Å². The Balaban J connectivity index is 2.17. The predicted octanol–water partition coefficient (Wildman–Crippen LogP) is 3.11. The summed E-state index contributed by atoms with van der Waals surface area (Å²) in [4.78, 5) is 21.3. The Labute approximate surface area is 120 Å². The molecule has 1 aromatic heterocycles. The first-order valence-corrected chi connectivity index (χ1v) is 6.20. The van der Waals surface area contributed by atoms with Crippen LogP contribution in [0.2, 0.25) is 0 Å². The zero-order chi connectivity index (χ0) is 15.6. The molecule has 7 heteroatoms. The van der Waals surface area contributed by atoms with Crippen molar-refractivity contribution in [3.63, 3.8) is 0 Å². The summed E-state index contributed by atoms with van der Waals surface area (Å²) < 4.78 is 5.34. The Morgan fingerprint density at radius 2 is 2.14 bits per heavy atom. The molecule has 0 amide bonds. The predicted molar refractivity (Wildman–Crippen MR) is 75.6 cm³/mol. The second-order valence-electron chi connectivity index (χ2n) is 4.55. The van der Waals surface area contributed by atoms with Crippen LogP contribution in [0.25, 0.3) is 0 Å². The number of rotatable bonds is 5. The topological polar surface area (TPSA) is 106 Å². The average molecular weight is 290 g/mol. The summed E-state index contributed by atoms with van der Waals surface area (Å²) >= 11 is 0. The van der Waals surface area contributed by atoms with Gasteiger partial charge in [0.2, 0.25) is 0 Å². The Hall–Kier alpha value is -2.83. The molecule has 0 fully saturated rings. The smallest absolute Gasteiger partial charge is 0.339 e. The quantitative estimate of drug-likeness (QED) is 0.647. The maximum Gasteiger partial charge on any atom is 0.339 e. The molecule has 0 aliphatic carbocycles. The number of nitrogens with one attached hydrogen (secondary N) is 1. The van der Waals surface area contributed by atoms with Crippen molar-refractivity contribution in [2.45, 2.75) is 20.4 Å². The lowest BCUT2D eigenvalue weighted by molar-refractivity contribution is -0.385. The number of nitro groups is 1. The van der Waals surface area contributed by atoms with Gasteiger partial charge in [0.05, 0.1) is 11.5 Å². The summed E-state index contributed by atoms with van der Waals surface area (Å²) in [5, 5.41) is 22.8. The van der Waals surface area contributed by atoms with Crippen molar-refractivity contribution in [1.82, 2.24) is 0 Å². The second kappa shape index (κ2) is 5.66. The van der Waals surface area contributed by atoms with Crippen molar-refractivity contribution in [1.29, 1.82) is 0 Å². The highest BCUT2D eigenvalue weighted by Crippen LogP contribution is 2.25. The molecule has 2 rings (SSSR count). The zero-order valence-corrected chi connectivity index (χ0v) is 11.5. The Bertz CT molecular complexity index is 705. The molecule has 0 aliphatic rings. The Morgan fingerprint density at radius 3 is 2.71 bits per heavy atom. The van der Waals surface area contributed by atoms with Gasteiger partial charge in [-0.2, -0.15) is 0 Å². The number of aromatic carboxylic acids is 1. The second-order valence-corrected chi connectivity index (χ2v) is 4.55. The minimum Gasteiger partial charge on any atom is -0.478 e. The molecule has 1 aromatic carbocycles. The van der Waals surface area contributed by atoms with E-state index in [1.54, 1.807) is 26.0 Å². The van der Waals surface area contributed by atoms with Gasteiger partial charge in [0.25, 0.3) is 5.69 Å². The van der Waals surface area contributed by atoms with Gasteiger partial charge in [0.1, 0.15) is 17.1 Å². The third-order valence-electron chi connectivity index (χ3n) is 3.15. The first-order chi connectivity index (χ1) is 9.90. The SMILES string of the molecule is Cc1oc(CNc2cccc([N+](=O)[O-])c2C)cc1C(=O)O. The molecule has 7 nitrogen and oxygen atoms in total. The molecule has 110 valence electrons. The third-order valence-corrected chi connectivity index (χ3v) is 3.15. The normalized spacial score (nSPS) is 10.4. The Morgan fingerprint density at radius 1 is 1.43 bits per heavy atom. The maximum absolute atomic E-state index is 10.9. The maximum atomic E-state index is 10.9. The van der Waals surface area contributed by atoms with Crippen molar-refractivity contribution < 1.29 is 19.2 Å². The molecule has 0 atom stereocenters. The van der Waals surface area contributed by atoms with Gasteiger partial charge in [-0.15, -0.1) is 0 Å². The molecule has 0 aliphatic heterocycles. The number of anilines is 1. The van der Waals surface area contributed by atoms with Crippen LogP contribution in [0.4, 0.5) is 11.4 Å². The van der Waals surface area contributed by atoms with Gasteiger partial charge in [0.15, 0.2) is 0 Å². The zero-order valence-electron chi connectivity index (χ0n) is 11.5. The van der Waals surface area contributed by atoms with E-state index in [2.05, 4.69) is 5.32 Å². The summed E-state index contributed by atoms with van der Waals surface area (Å²) in [5.74, 6) is -0.264. The van der Waals surface area contributed by atoms with E-state index in [0.717, 1.165) is 0 Å². The van der Waals surface area contributed by atoms with Crippen molar-refractivity contribution in [2.75, 3.05) is 5.32 Å². The molecular weight excluding hydrogens is 276 g/mol. The van der Waals surface area contributed by atoms with E-state index in [4.69, 9.17) is 9.52 Å². The van der Waals surface area contributed by atoms with Crippen LogP contribution in [0, 0.1) is 24.0 Å². The number of carboxylic acid groups (broad SMARTS) is 1. The van der Waals surface area contributed by atoms with Crippen LogP contribution in [0.5, 0.6) is 0 Å². The van der Waals surface area contributed by atoms with Crippen LogP contribution in [0.3, 0.4) is 0 Å². The first-order valence-electron chi connectivity index (χ1n) is 6.20. The number of carbonyl (C=O) groups is 1. The minimum atomic E-state index is -1.05. The van der Waals surface area contributed by atoms with Crippen LogP contribution in [-0.4, -0.2) is 16.0 Å². The van der Waals surface area contributed by atoms with Crippen molar-refractivity contribution in [3.8, 4) is 0 Å². The molecule has 0 saturated heterocycles. The highest BCUT2D eigenvalue weighted by atomic mass is 16.6. The van der Waals surface area contributed by atoms with E-state index in [0.29, 0.717) is 22.8 Å². The van der Waals surface area contributed by atoms with Crippen LogP contribution in [0.15, 0.2) is 28.7 Å². The summed E-state index contributed by atoms with van der Waals surface area (Å²) in [7, 11) is 0. The lowest BCUT2D eigenvalue weighted by atomic mass is 10.1. The molecule has 0 bridgehead atoms. The third kappa shape index (κ3) is 3.02. The molecule has 2 aromatic rings. The molecule has 0 radical (unpaired) electrons. The van der Waals surface area contributed by atoms with Crippen LogP contribution in [-0.2, 0) is 6.54 Å². The summed E-state index contributed by atoms with van der Waals surface area (Å²) in [5.41, 5.74) is 1.27. The Kier molecular flexibility index (Phi) is 3.93. The molecule has 0 spiro atoms. The van der Waals surface area contributed by atoms with Gasteiger partial charge in [0, 0.05) is 17.3 Å².